The minimum Gasteiger partial charge on any atom is -0.508 e. The second-order valence-electron chi connectivity index (χ2n) is 5.25. The van der Waals surface area contributed by atoms with E-state index < -0.39 is 0 Å². The quantitative estimate of drug-likeness (QED) is 0.792. The summed E-state index contributed by atoms with van der Waals surface area (Å²) in [5.41, 5.74) is 3.37. The van der Waals surface area contributed by atoms with Gasteiger partial charge in [-0.3, -0.25) is 0 Å². The van der Waals surface area contributed by atoms with Gasteiger partial charge in [0, 0.05) is 18.2 Å². The molecular formula is C17H21NO2. The van der Waals surface area contributed by atoms with Gasteiger partial charge >= 0.3 is 0 Å². The summed E-state index contributed by atoms with van der Waals surface area (Å²) in [6.45, 7) is 6.23. The van der Waals surface area contributed by atoms with Crippen LogP contribution in [0.2, 0.25) is 0 Å². The third-order valence-corrected chi connectivity index (χ3v) is 3.58. The second kappa shape index (κ2) is 5.97. The molecule has 0 aliphatic rings. The Morgan fingerprint density at radius 1 is 0.900 bits per heavy atom. The summed E-state index contributed by atoms with van der Waals surface area (Å²) in [7, 11) is 0. The summed E-state index contributed by atoms with van der Waals surface area (Å²) in [4.78, 5) is 0. The van der Waals surface area contributed by atoms with Crippen LogP contribution in [0.25, 0.3) is 0 Å². The van der Waals surface area contributed by atoms with Gasteiger partial charge in [-0.05, 0) is 49.6 Å². The largest absolute Gasteiger partial charge is 0.508 e. The third-order valence-electron chi connectivity index (χ3n) is 3.58. The number of aryl methyl sites for hydroxylation is 1. The van der Waals surface area contributed by atoms with Gasteiger partial charge in [-0.2, -0.15) is 0 Å². The highest BCUT2D eigenvalue weighted by Gasteiger charge is 2.13. The van der Waals surface area contributed by atoms with Crippen LogP contribution in [0, 0.1) is 6.92 Å². The summed E-state index contributed by atoms with van der Waals surface area (Å²) in [5, 5.41) is 22.6. The van der Waals surface area contributed by atoms with Crippen molar-refractivity contribution in [2.45, 2.75) is 32.9 Å². The zero-order valence-electron chi connectivity index (χ0n) is 12.1. The molecule has 0 radical (unpaired) electrons. The van der Waals surface area contributed by atoms with Gasteiger partial charge in [0.15, 0.2) is 0 Å². The first-order chi connectivity index (χ1) is 9.47. The number of hydrogen-bond acceptors (Lipinski definition) is 3. The molecule has 3 N–H and O–H groups in total. The number of nitrogens with one attached hydrogen (secondary N) is 1. The lowest BCUT2D eigenvalue weighted by molar-refractivity contribution is 0.442. The molecule has 2 rings (SSSR count). The normalized spacial score (nSPS) is 13.9. The van der Waals surface area contributed by atoms with Crippen LogP contribution >= 0.6 is 0 Å². The maximum Gasteiger partial charge on any atom is 0.119 e. The lowest BCUT2D eigenvalue weighted by Crippen LogP contribution is -2.23. The van der Waals surface area contributed by atoms with Gasteiger partial charge in [-0.15, -0.1) is 0 Å². The van der Waals surface area contributed by atoms with Gasteiger partial charge in [-0.1, -0.05) is 24.3 Å². The van der Waals surface area contributed by atoms with Crippen molar-refractivity contribution in [1.29, 1.82) is 0 Å². The van der Waals surface area contributed by atoms with E-state index in [0.717, 1.165) is 5.56 Å². The number of hydrogen-bond donors (Lipinski definition) is 3. The molecule has 106 valence electrons. The average Bonchev–Trinajstić information content (AvgIpc) is 2.37. The molecule has 20 heavy (non-hydrogen) atoms. The lowest BCUT2D eigenvalue weighted by Gasteiger charge is -2.22. The Bertz CT molecular complexity index is 575. The van der Waals surface area contributed by atoms with E-state index in [2.05, 4.69) is 31.3 Å². The van der Waals surface area contributed by atoms with Gasteiger partial charge in [0.2, 0.25) is 0 Å². The molecule has 2 aromatic carbocycles. The first-order valence-corrected chi connectivity index (χ1v) is 6.82. The average molecular weight is 271 g/mol. The molecule has 2 atom stereocenters. The minimum atomic E-state index is 0.0302. The Balaban J connectivity index is 2.15. The van der Waals surface area contributed by atoms with E-state index in [1.807, 2.05) is 19.1 Å². The van der Waals surface area contributed by atoms with E-state index in [0.29, 0.717) is 0 Å². The Morgan fingerprint density at radius 3 is 2.10 bits per heavy atom. The smallest absolute Gasteiger partial charge is 0.119 e. The van der Waals surface area contributed by atoms with Crippen LogP contribution in [0.4, 0.5) is 0 Å². The molecule has 3 nitrogen and oxygen atoms in total. The fraction of sp³-hybridized carbons (Fsp3) is 0.294. The van der Waals surface area contributed by atoms with Gasteiger partial charge < -0.3 is 15.5 Å². The highest BCUT2D eigenvalue weighted by atomic mass is 16.3. The maximum absolute atomic E-state index is 9.55. The van der Waals surface area contributed by atoms with Crippen LogP contribution in [0.3, 0.4) is 0 Å². The van der Waals surface area contributed by atoms with Crippen LogP contribution < -0.4 is 5.32 Å². The predicted octanol–water partition coefficient (Wildman–Crippen LogP) is 3.82. The summed E-state index contributed by atoms with van der Waals surface area (Å²) in [6.07, 6.45) is 0. The molecule has 0 aliphatic carbocycles. The van der Waals surface area contributed by atoms with Crippen molar-refractivity contribution in [3.8, 4) is 11.5 Å². The zero-order valence-corrected chi connectivity index (χ0v) is 12.1. The molecule has 2 aromatic rings. The van der Waals surface area contributed by atoms with Crippen LogP contribution in [-0.2, 0) is 0 Å². The van der Waals surface area contributed by atoms with Crippen molar-refractivity contribution in [3.05, 3.63) is 59.2 Å². The Kier molecular flexibility index (Phi) is 4.30. The summed E-state index contributed by atoms with van der Waals surface area (Å²) in [6, 6.07) is 13.2. The molecule has 0 spiro atoms. The monoisotopic (exact) mass is 271 g/mol. The molecule has 3 heteroatoms. The van der Waals surface area contributed by atoms with Gasteiger partial charge in [0.05, 0.1) is 0 Å². The first kappa shape index (κ1) is 14.4. The number of rotatable bonds is 4. The van der Waals surface area contributed by atoms with Crippen molar-refractivity contribution < 1.29 is 10.2 Å². The van der Waals surface area contributed by atoms with Crippen molar-refractivity contribution >= 4 is 0 Å². The second-order valence-corrected chi connectivity index (χ2v) is 5.25. The van der Waals surface area contributed by atoms with E-state index in [9.17, 15) is 10.2 Å². The molecule has 0 aromatic heterocycles. The molecule has 0 amide bonds. The maximum atomic E-state index is 9.55. The predicted molar refractivity (Wildman–Crippen MR) is 80.9 cm³/mol. The molecule has 0 bridgehead atoms. The first-order valence-electron chi connectivity index (χ1n) is 6.82. The van der Waals surface area contributed by atoms with Crippen molar-refractivity contribution in [2.75, 3.05) is 0 Å². The highest BCUT2D eigenvalue weighted by molar-refractivity contribution is 5.38. The molecule has 2 unspecified atom stereocenters. The number of phenolic OH excluding ortho intramolecular Hbond substituents is 2. The topological polar surface area (TPSA) is 52.5 Å². The third kappa shape index (κ3) is 3.31. The van der Waals surface area contributed by atoms with E-state index in [-0.39, 0.29) is 23.6 Å². The van der Waals surface area contributed by atoms with Crippen molar-refractivity contribution in [3.63, 3.8) is 0 Å². The van der Waals surface area contributed by atoms with E-state index in [4.69, 9.17) is 0 Å². The van der Waals surface area contributed by atoms with Crippen LogP contribution in [0.15, 0.2) is 42.5 Å². The lowest BCUT2D eigenvalue weighted by atomic mass is 10.0. The standard InChI is InChI=1S/C17H21NO2/c1-11-6-4-5-7-17(11)13(3)18-12(2)14-8-15(19)10-16(20)9-14/h4-10,12-13,18-20H,1-3H3. The van der Waals surface area contributed by atoms with Gasteiger partial charge in [0.1, 0.15) is 11.5 Å². The van der Waals surface area contributed by atoms with Crippen molar-refractivity contribution in [2.24, 2.45) is 0 Å². The van der Waals surface area contributed by atoms with Crippen LogP contribution in [-0.4, -0.2) is 10.2 Å². The zero-order chi connectivity index (χ0) is 14.7. The van der Waals surface area contributed by atoms with Gasteiger partial charge in [0.25, 0.3) is 0 Å². The molecular weight excluding hydrogens is 250 g/mol. The van der Waals surface area contributed by atoms with Crippen LogP contribution in [0.1, 0.15) is 42.6 Å². The van der Waals surface area contributed by atoms with E-state index in [1.54, 1.807) is 12.1 Å². The van der Waals surface area contributed by atoms with Crippen LogP contribution in [0.5, 0.6) is 11.5 Å². The number of phenols is 2. The van der Waals surface area contributed by atoms with Crippen molar-refractivity contribution in [1.82, 2.24) is 5.32 Å². The fourth-order valence-electron chi connectivity index (χ4n) is 2.50. The highest BCUT2D eigenvalue weighted by Crippen LogP contribution is 2.27. The van der Waals surface area contributed by atoms with E-state index >= 15 is 0 Å². The Morgan fingerprint density at radius 2 is 1.50 bits per heavy atom. The number of benzene rings is 2. The summed E-state index contributed by atoms with van der Waals surface area (Å²) >= 11 is 0. The minimum absolute atomic E-state index is 0.0302. The molecule has 0 aliphatic heterocycles. The summed E-state index contributed by atoms with van der Waals surface area (Å²) in [5.74, 6) is 0.161. The number of aromatic hydroxyl groups is 2. The van der Waals surface area contributed by atoms with E-state index in [1.165, 1.54) is 17.2 Å². The fourth-order valence-corrected chi connectivity index (χ4v) is 2.50. The molecule has 0 saturated carbocycles. The molecule has 0 fully saturated rings. The van der Waals surface area contributed by atoms with Gasteiger partial charge in [-0.25, -0.2) is 0 Å². The molecule has 0 heterocycles. The summed E-state index contributed by atoms with van der Waals surface area (Å²) < 4.78 is 0. The SMILES string of the molecule is Cc1ccccc1C(C)NC(C)c1cc(O)cc(O)c1. The Labute approximate surface area is 119 Å². The Hall–Kier alpha value is -2.00. The molecule has 0 saturated heterocycles.